The van der Waals surface area contributed by atoms with Crippen molar-refractivity contribution in [3.05, 3.63) is 0 Å². The molecule has 14 heavy (non-hydrogen) atoms. The Labute approximate surface area is 129 Å². The summed E-state index contributed by atoms with van der Waals surface area (Å²) in [6, 6.07) is 0. The zero-order valence-electron chi connectivity index (χ0n) is 8.90. The summed E-state index contributed by atoms with van der Waals surface area (Å²) < 4.78 is 31.9. The third kappa shape index (κ3) is 8.79. The van der Waals surface area contributed by atoms with Crippen LogP contribution >= 0.6 is 0 Å². The van der Waals surface area contributed by atoms with Gasteiger partial charge in [0.2, 0.25) is 0 Å². The van der Waals surface area contributed by atoms with E-state index >= 15 is 0 Å². The molecule has 0 aromatic carbocycles. The minimum absolute atomic E-state index is 0. The molecule has 0 heterocycles. The van der Waals surface area contributed by atoms with Gasteiger partial charge in [0.05, 0.1) is 15.4 Å². The van der Waals surface area contributed by atoms with Gasteiger partial charge in [-0.05, 0) is 12.8 Å². The zero-order valence-corrected chi connectivity index (χ0v) is 12.8. The van der Waals surface area contributed by atoms with Crippen LogP contribution in [0.3, 0.4) is 0 Å². The van der Waals surface area contributed by atoms with Crippen LogP contribution in [0.25, 0.3) is 0 Å². The van der Waals surface area contributed by atoms with Crippen molar-refractivity contribution in [3.8, 4) is 0 Å². The number of rotatable bonds is 7. The zero-order chi connectivity index (χ0) is 10.3. The molecule has 0 spiro atoms. The van der Waals surface area contributed by atoms with Crippen LogP contribution in [0, 0.1) is 0 Å². The van der Waals surface area contributed by atoms with Gasteiger partial charge in [-0.3, -0.25) is 0 Å². The van der Waals surface area contributed by atoms with Gasteiger partial charge in [-0.1, -0.05) is 26.2 Å². The summed E-state index contributed by atoms with van der Waals surface area (Å²) in [5.41, 5.74) is 0. The summed E-state index contributed by atoms with van der Waals surface area (Å²) in [6.45, 7) is 1.77. The van der Waals surface area contributed by atoms with E-state index in [9.17, 15) is 13.0 Å². The number of aliphatic hydroxyl groups is 1. The van der Waals surface area contributed by atoms with Crippen molar-refractivity contribution in [2.45, 2.75) is 44.3 Å². The standard InChI is InChI=1S/C8H18O4S.K/c1-2-3-4-5-8(6-7-9)13(10,11)12;/h8-9H,2-7H2,1H3,(H,10,11,12);/q;+1/p-1. The summed E-state index contributed by atoms with van der Waals surface area (Å²) in [5.74, 6) is 0. The molecule has 1 atom stereocenters. The molecule has 0 aromatic heterocycles. The molecule has 0 aliphatic heterocycles. The number of aliphatic hydroxyl groups excluding tert-OH is 1. The van der Waals surface area contributed by atoms with E-state index in [2.05, 4.69) is 0 Å². The molecular formula is C8H17KO4S. The Morgan fingerprint density at radius 3 is 2.21 bits per heavy atom. The molecule has 80 valence electrons. The van der Waals surface area contributed by atoms with E-state index in [4.69, 9.17) is 5.11 Å². The Bertz CT molecular complexity index is 215. The molecule has 6 heteroatoms. The summed E-state index contributed by atoms with van der Waals surface area (Å²) >= 11 is 0. The normalized spacial score (nSPS) is 13.4. The van der Waals surface area contributed by atoms with Crippen molar-refractivity contribution in [1.82, 2.24) is 0 Å². The maximum Gasteiger partial charge on any atom is 1.00 e. The molecule has 1 N–H and O–H groups in total. The fourth-order valence-corrected chi connectivity index (χ4v) is 2.05. The molecule has 0 aromatic rings. The molecule has 0 aliphatic carbocycles. The fraction of sp³-hybridized carbons (Fsp3) is 1.00. The summed E-state index contributed by atoms with van der Waals surface area (Å²) in [7, 11) is -4.22. The molecule has 0 fully saturated rings. The monoisotopic (exact) mass is 248 g/mol. The van der Waals surface area contributed by atoms with Gasteiger partial charge >= 0.3 is 51.4 Å². The van der Waals surface area contributed by atoms with Crippen molar-refractivity contribution in [2.24, 2.45) is 0 Å². The first-order valence-electron chi connectivity index (χ1n) is 4.58. The molecule has 0 amide bonds. The molecule has 0 rings (SSSR count). The molecule has 4 nitrogen and oxygen atoms in total. The van der Waals surface area contributed by atoms with Crippen LogP contribution in [0.2, 0.25) is 0 Å². The van der Waals surface area contributed by atoms with Crippen molar-refractivity contribution in [2.75, 3.05) is 6.61 Å². The SMILES string of the molecule is CCCCCC(CCO)S(=O)(=O)[O-].[K+]. The molecular weight excluding hydrogens is 231 g/mol. The predicted molar refractivity (Wildman–Crippen MR) is 49.3 cm³/mol. The van der Waals surface area contributed by atoms with Gasteiger partial charge < -0.3 is 9.66 Å². The summed E-state index contributed by atoms with van der Waals surface area (Å²) in [6.07, 6.45) is 3.10. The third-order valence-corrected chi connectivity index (χ3v) is 3.28. The Morgan fingerprint density at radius 1 is 1.29 bits per heavy atom. The molecule has 0 bridgehead atoms. The largest absolute Gasteiger partial charge is 1.00 e. The van der Waals surface area contributed by atoms with Crippen molar-refractivity contribution in [3.63, 3.8) is 0 Å². The summed E-state index contributed by atoms with van der Waals surface area (Å²) in [5, 5.41) is 7.65. The van der Waals surface area contributed by atoms with Crippen LogP contribution in [-0.2, 0) is 10.1 Å². The van der Waals surface area contributed by atoms with Gasteiger partial charge in [-0.2, -0.15) is 0 Å². The average Bonchev–Trinajstić information content (AvgIpc) is 2.01. The molecule has 0 saturated heterocycles. The van der Waals surface area contributed by atoms with Gasteiger partial charge in [0.25, 0.3) is 0 Å². The van der Waals surface area contributed by atoms with E-state index in [-0.39, 0.29) is 64.4 Å². The van der Waals surface area contributed by atoms with Gasteiger partial charge in [0, 0.05) is 6.61 Å². The van der Waals surface area contributed by atoms with Gasteiger partial charge in [0.15, 0.2) is 0 Å². The Balaban J connectivity index is 0. The molecule has 0 aliphatic rings. The van der Waals surface area contributed by atoms with Crippen LogP contribution in [-0.4, -0.2) is 29.9 Å². The minimum atomic E-state index is -4.22. The van der Waals surface area contributed by atoms with Crippen molar-refractivity contribution in [1.29, 1.82) is 0 Å². The van der Waals surface area contributed by atoms with Crippen LogP contribution in [0.4, 0.5) is 0 Å². The van der Waals surface area contributed by atoms with E-state index in [0.717, 1.165) is 19.3 Å². The Morgan fingerprint density at radius 2 is 1.86 bits per heavy atom. The van der Waals surface area contributed by atoms with E-state index in [1.165, 1.54) is 0 Å². The number of unbranched alkanes of at least 4 members (excludes halogenated alkanes) is 2. The molecule has 0 saturated carbocycles. The van der Waals surface area contributed by atoms with Crippen LogP contribution in [0.5, 0.6) is 0 Å². The minimum Gasteiger partial charge on any atom is -0.748 e. The van der Waals surface area contributed by atoms with Crippen LogP contribution in [0.15, 0.2) is 0 Å². The summed E-state index contributed by atoms with van der Waals surface area (Å²) in [4.78, 5) is 0. The first kappa shape index (κ1) is 17.9. The van der Waals surface area contributed by atoms with Gasteiger partial charge in [0.1, 0.15) is 0 Å². The average molecular weight is 248 g/mol. The van der Waals surface area contributed by atoms with Gasteiger partial charge in [-0.15, -0.1) is 0 Å². The molecule has 0 radical (unpaired) electrons. The first-order valence-corrected chi connectivity index (χ1v) is 6.05. The quantitative estimate of drug-likeness (QED) is 0.317. The number of hydrogen-bond acceptors (Lipinski definition) is 4. The second-order valence-corrected chi connectivity index (χ2v) is 4.78. The van der Waals surface area contributed by atoms with Crippen molar-refractivity contribution < 1.29 is 69.5 Å². The van der Waals surface area contributed by atoms with Crippen LogP contribution in [0.1, 0.15) is 39.0 Å². The third-order valence-electron chi connectivity index (χ3n) is 1.99. The Kier molecular flexibility index (Phi) is 12.4. The maximum absolute atomic E-state index is 10.6. The Hall–Kier alpha value is 1.51. The van der Waals surface area contributed by atoms with E-state index < -0.39 is 15.4 Å². The smallest absolute Gasteiger partial charge is 0.748 e. The fourth-order valence-electron chi connectivity index (χ4n) is 1.20. The first-order chi connectivity index (χ1) is 6.02. The second-order valence-electron chi connectivity index (χ2n) is 3.12. The second kappa shape index (κ2) is 9.71. The maximum atomic E-state index is 10.6. The van der Waals surface area contributed by atoms with Crippen LogP contribution < -0.4 is 51.4 Å². The number of hydrogen-bond donors (Lipinski definition) is 1. The molecule has 1 unspecified atom stereocenters. The van der Waals surface area contributed by atoms with E-state index in [1.807, 2.05) is 6.92 Å². The predicted octanol–water partition coefficient (Wildman–Crippen LogP) is -2.13. The topological polar surface area (TPSA) is 77.4 Å². The van der Waals surface area contributed by atoms with Gasteiger partial charge in [-0.25, -0.2) is 8.42 Å². The van der Waals surface area contributed by atoms with Crippen molar-refractivity contribution >= 4 is 10.1 Å². The van der Waals surface area contributed by atoms with E-state index in [1.54, 1.807) is 0 Å². The van der Waals surface area contributed by atoms with E-state index in [0.29, 0.717) is 6.42 Å².